The summed E-state index contributed by atoms with van der Waals surface area (Å²) in [5.41, 5.74) is 0.789. The highest BCUT2D eigenvalue weighted by atomic mass is 16.6. The summed E-state index contributed by atoms with van der Waals surface area (Å²) < 4.78 is 0. The Morgan fingerprint density at radius 1 is 1.22 bits per heavy atom. The molecule has 0 aliphatic heterocycles. The highest BCUT2D eigenvalue weighted by Gasteiger charge is 2.18. The van der Waals surface area contributed by atoms with Gasteiger partial charge >= 0.3 is 0 Å². The summed E-state index contributed by atoms with van der Waals surface area (Å²) in [6, 6.07) is 12.5. The number of nitrogens with zero attached hydrogens (tertiary/aromatic N) is 2. The molecule has 0 spiro atoms. The van der Waals surface area contributed by atoms with E-state index in [0.29, 0.717) is 12.1 Å². The van der Waals surface area contributed by atoms with Crippen LogP contribution in [0.2, 0.25) is 0 Å². The molecule has 6 nitrogen and oxygen atoms in total. The van der Waals surface area contributed by atoms with E-state index in [0.717, 1.165) is 6.42 Å². The first-order valence-corrected chi connectivity index (χ1v) is 7.33. The second-order valence-corrected chi connectivity index (χ2v) is 5.16. The molecule has 2 rings (SSSR count). The van der Waals surface area contributed by atoms with Gasteiger partial charge in [0.05, 0.1) is 4.92 Å². The maximum atomic E-state index is 12.6. The zero-order chi connectivity index (χ0) is 16.8. The van der Waals surface area contributed by atoms with Gasteiger partial charge in [0.15, 0.2) is 0 Å². The number of benzene rings is 2. The van der Waals surface area contributed by atoms with Gasteiger partial charge in [-0.05, 0) is 18.6 Å². The number of rotatable bonds is 6. The first-order valence-electron chi connectivity index (χ1n) is 7.33. The number of nitro benzene ring substituents is 1. The average Bonchev–Trinajstić information content (AvgIpc) is 2.55. The zero-order valence-corrected chi connectivity index (χ0v) is 12.8. The van der Waals surface area contributed by atoms with Crippen LogP contribution in [0.15, 0.2) is 48.5 Å². The van der Waals surface area contributed by atoms with Crippen LogP contribution in [0.1, 0.15) is 29.3 Å². The Morgan fingerprint density at radius 3 is 2.61 bits per heavy atom. The Morgan fingerprint density at radius 2 is 1.96 bits per heavy atom. The molecule has 1 N–H and O–H groups in total. The molecular weight excluding hydrogens is 296 g/mol. The lowest BCUT2D eigenvalue weighted by molar-refractivity contribution is -0.384. The van der Waals surface area contributed by atoms with Gasteiger partial charge < -0.3 is 10.0 Å². The average molecular weight is 314 g/mol. The first kappa shape index (κ1) is 16.5. The molecule has 0 radical (unpaired) electrons. The normalized spacial score (nSPS) is 10.3. The number of phenols is 1. The van der Waals surface area contributed by atoms with E-state index in [-0.39, 0.29) is 29.5 Å². The Kier molecular flexibility index (Phi) is 5.30. The summed E-state index contributed by atoms with van der Waals surface area (Å²) in [4.78, 5) is 24.6. The molecule has 0 saturated carbocycles. The Bertz CT molecular complexity index is 715. The summed E-state index contributed by atoms with van der Waals surface area (Å²) in [6.07, 6.45) is 0.744. The summed E-state index contributed by atoms with van der Waals surface area (Å²) in [5.74, 6) is -0.167. The van der Waals surface area contributed by atoms with E-state index in [2.05, 4.69) is 0 Å². The third kappa shape index (κ3) is 4.06. The van der Waals surface area contributed by atoms with Crippen molar-refractivity contribution in [3.05, 3.63) is 69.8 Å². The lowest BCUT2D eigenvalue weighted by Crippen LogP contribution is -2.31. The van der Waals surface area contributed by atoms with Gasteiger partial charge in [-0.15, -0.1) is 0 Å². The van der Waals surface area contributed by atoms with Crippen LogP contribution >= 0.6 is 0 Å². The van der Waals surface area contributed by atoms with Gasteiger partial charge in [0.25, 0.3) is 11.6 Å². The van der Waals surface area contributed by atoms with Crippen molar-refractivity contribution in [2.45, 2.75) is 19.9 Å². The quantitative estimate of drug-likeness (QED) is 0.654. The minimum Gasteiger partial charge on any atom is -0.508 e. The van der Waals surface area contributed by atoms with E-state index in [1.807, 2.05) is 6.92 Å². The van der Waals surface area contributed by atoms with E-state index < -0.39 is 4.92 Å². The molecule has 0 heterocycles. The Balaban J connectivity index is 2.26. The molecule has 0 aliphatic carbocycles. The number of hydrogen-bond acceptors (Lipinski definition) is 4. The maximum absolute atomic E-state index is 12.6. The fraction of sp³-hybridized carbons (Fsp3) is 0.235. The summed E-state index contributed by atoms with van der Waals surface area (Å²) >= 11 is 0. The number of phenolic OH excluding ortho intramolecular Hbond substituents is 1. The second kappa shape index (κ2) is 7.40. The highest BCUT2D eigenvalue weighted by Crippen LogP contribution is 2.20. The summed E-state index contributed by atoms with van der Waals surface area (Å²) in [7, 11) is 0. The molecule has 0 unspecified atom stereocenters. The van der Waals surface area contributed by atoms with Crippen LogP contribution in [-0.4, -0.2) is 27.4 Å². The van der Waals surface area contributed by atoms with Crippen LogP contribution in [0.4, 0.5) is 5.69 Å². The molecule has 2 aromatic rings. The molecule has 23 heavy (non-hydrogen) atoms. The molecule has 6 heteroatoms. The number of nitro groups is 1. The number of hydrogen-bond donors (Lipinski definition) is 1. The van der Waals surface area contributed by atoms with Crippen LogP contribution in [0, 0.1) is 10.1 Å². The lowest BCUT2D eigenvalue weighted by atomic mass is 10.1. The van der Waals surface area contributed by atoms with Crippen LogP contribution in [0.3, 0.4) is 0 Å². The van der Waals surface area contributed by atoms with Crippen molar-refractivity contribution in [2.75, 3.05) is 6.54 Å². The molecule has 120 valence electrons. The van der Waals surface area contributed by atoms with Crippen LogP contribution in [-0.2, 0) is 6.54 Å². The first-order chi connectivity index (χ1) is 11.0. The predicted molar refractivity (Wildman–Crippen MR) is 86.2 cm³/mol. The van der Waals surface area contributed by atoms with Crippen LogP contribution < -0.4 is 0 Å². The van der Waals surface area contributed by atoms with Crippen molar-refractivity contribution in [3.8, 4) is 5.75 Å². The van der Waals surface area contributed by atoms with Crippen molar-refractivity contribution < 1.29 is 14.8 Å². The summed E-state index contributed by atoms with van der Waals surface area (Å²) in [6.45, 7) is 2.69. The largest absolute Gasteiger partial charge is 0.508 e. The van der Waals surface area contributed by atoms with E-state index in [9.17, 15) is 20.0 Å². The number of amides is 1. The Hall–Kier alpha value is -2.89. The van der Waals surface area contributed by atoms with E-state index >= 15 is 0 Å². The molecule has 0 bridgehead atoms. The van der Waals surface area contributed by atoms with Gasteiger partial charge in [-0.3, -0.25) is 14.9 Å². The van der Waals surface area contributed by atoms with Gasteiger partial charge in [-0.25, -0.2) is 0 Å². The molecule has 0 atom stereocenters. The number of non-ortho nitro benzene ring substituents is 1. The van der Waals surface area contributed by atoms with E-state index in [4.69, 9.17) is 0 Å². The zero-order valence-electron chi connectivity index (χ0n) is 12.8. The topological polar surface area (TPSA) is 83.7 Å². The smallest absolute Gasteiger partial charge is 0.270 e. The van der Waals surface area contributed by atoms with Crippen molar-refractivity contribution in [3.63, 3.8) is 0 Å². The SMILES string of the molecule is CCCN(Cc1ccccc1O)C(=O)c1cccc([N+](=O)[O-])c1. The van der Waals surface area contributed by atoms with Crippen molar-refractivity contribution in [1.82, 2.24) is 4.90 Å². The minimum absolute atomic E-state index is 0.116. The number of aromatic hydroxyl groups is 1. The number of carbonyl (C=O) groups excluding carboxylic acids is 1. The molecule has 0 aromatic heterocycles. The van der Waals surface area contributed by atoms with Gasteiger partial charge in [0.1, 0.15) is 5.75 Å². The standard InChI is InChI=1S/C17H18N2O4/c1-2-10-18(12-14-6-3-4-9-16(14)20)17(21)13-7-5-8-15(11-13)19(22)23/h3-9,11,20H,2,10,12H2,1H3. The fourth-order valence-electron chi connectivity index (χ4n) is 2.31. The monoisotopic (exact) mass is 314 g/mol. The van der Waals surface area contributed by atoms with Crippen LogP contribution in [0.5, 0.6) is 5.75 Å². The molecular formula is C17H18N2O4. The number of carbonyl (C=O) groups is 1. The van der Waals surface area contributed by atoms with E-state index in [1.165, 1.54) is 18.2 Å². The second-order valence-electron chi connectivity index (χ2n) is 5.16. The van der Waals surface area contributed by atoms with Crippen LogP contribution in [0.25, 0.3) is 0 Å². The van der Waals surface area contributed by atoms with Crippen molar-refractivity contribution >= 4 is 11.6 Å². The molecule has 1 amide bonds. The van der Waals surface area contributed by atoms with E-state index in [1.54, 1.807) is 35.2 Å². The minimum atomic E-state index is -0.524. The van der Waals surface area contributed by atoms with Gasteiger partial charge in [0.2, 0.25) is 0 Å². The molecule has 0 fully saturated rings. The third-order valence-corrected chi connectivity index (χ3v) is 3.44. The van der Waals surface area contributed by atoms with Crippen molar-refractivity contribution in [2.24, 2.45) is 0 Å². The molecule has 0 aliphatic rings. The predicted octanol–water partition coefficient (Wildman–Crippen LogP) is 3.35. The fourth-order valence-corrected chi connectivity index (χ4v) is 2.31. The molecule has 0 saturated heterocycles. The lowest BCUT2D eigenvalue weighted by Gasteiger charge is -2.22. The highest BCUT2D eigenvalue weighted by molar-refractivity contribution is 5.94. The third-order valence-electron chi connectivity index (χ3n) is 3.44. The maximum Gasteiger partial charge on any atom is 0.270 e. The van der Waals surface area contributed by atoms with Gasteiger partial charge in [-0.2, -0.15) is 0 Å². The molecule has 2 aromatic carbocycles. The van der Waals surface area contributed by atoms with Crippen molar-refractivity contribution in [1.29, 1.82) is 0 Å². The van der Waals surface area contributed by atoms with Gasteiger partial charge in [-0.1, -0.05) is 31.2 Å². The summed E-state index contributed by atoms with van der Waals surface area (Å²) in [5, 5.41) is 20.7. The van der Waals surface area contributed by atoms with Gasteiger partial charge in [0, 0.05) is 36.3 Å². The Labute approximate surface area is 134 Å². The number of para-hydroxylation sites is 1.